The number of nitrogens with zero attached hydrogens (tertiary/aromatic N) is 3. The van der Waals surface area contributed by atoms with Crippen LogP contribution in [0.2, 0.25) is 0 Å². The van der Waals surface area contributed by atoms with Crippen LogP contribution in [0.15, 0.2) is 23.0 Å². The molecule has 24 heavy (non-hydrogen) atoms. The molecule has 0 radical (unpaired) electrons. The van der Waals surface area contributed by atoms with Crippen LogP contribution in [0, 0.1) is 25.2 Å². The van der Waals surface area contributed by atoms with Crippen molar-refractivity contribution in [2.24, 2.45) is 0 Å². The van der Waals surface area contributed by atoms with E-state index in [4.69, 9.17) is 19.5 Å². The van der Waals surface area contributed by atoms with Crippen molar-refractivity contribution in [3.63, 3.8) is 0 Å². The van der Waals surface area contributed by atoms with Crippen molar-refractivity contribution in [2.75, 3.05) is 13.4 Å². The molecule has 0 saturated heterocycles. The number of aryl methyl sites for hydroxylation is 2. The summed E-state index contributed by atoms with van der Waals surface area (Å²) in [5.74, 6) is 2.05. The summed E-state index contributed by atoms with van der Waals surface area (Å²) in [6.45, 7) is 4.55. The maximum absolute atomic E-state index is 12.2. The van der Waals surface area contributed by atoms with E-state index in [1.165, 1.54) is 4.68 Å². The molecule has 0 saturated carbocycles. The van der Waals surface area contributed by atoms with Crippen molar-refractivity contribution < 1.29 is 14.2 Å². The quantitative estimate of drug-likeness (QED) is 0.780. The topological polar surface area (TPSA) is 86.4 Å². The van der Waals surface area contributed by atoms with Gasteiger partial charge in [-0.15, -0.1) is 0 Å². The van der Waals surface area contributed by atoms with E-state index in [2.05, 4.69) is 5.10 Å². The first-order chi connectivity index (χ1) is 11.6. The van der Waals surface area contributed by atoms with E-state index in [-0.39, 0.29) is 17.9 Å². The van der Waals surface area contributed by atoms with Gasteiger partial charge >= 0.3 is 0 Å². The number of ether oxygens (including phenoxy) is 3. The summed E-state index contributed by atoms with van der Waals surface area (Å²) in [5.41, 5.74) is 1.11. The third-order valence-electron chi connectivity index (χ3n) is 3.88. The maximum Gasteiger partial charge on any atom is 0.284 e. The minimum absolute atomic E-state index is 0.152. The first kappa shape index (κ1) is 15.9. The number of fused-ring (bicyclic) bond motifs is 1. The maximum atomic E-state index is 12.2. The lowest BCUT2D eigenvalue weighted by atomic mass is 10.1. The van der Waals surface area contributed by atoms with Crippen LogP contribution in [-0.4, -0.2) is 23.2 Å². The number of benzene rings is 1. The Bertz CT molecular complexity index is 867. The average Bonchev–Trinajstić information content (AvgIpc) is 3.04. The Balaban J connectivity index is 1.60. The van der Waals surface area contributed by atoms with E-state index in [0.29, 0.717) is 48.1 Å². The summed E-state index contributed by atoms with van der Waals surface area (Å²) < 4.78 is 17.5. The fourth-order valence-corrected chi connectivity index (χ4v) is 2.43. The van der Waals surface area contributed by atoms with Crippen LogP contribution in [0.5, 0.6) is 17.2 Å². The van der Waals surface area contributed by atoms with Crippen molar-refractivity contribution in [1.82, 2.24) is 9.78 Å². The largest absolute Gasteiger partial charge is 0.493 e. The van der Waals surface area contributed by atoms with Gasteiger partial charge in [0.1, 0.15) is 17.4 Å². The Hall–Kier alpha value is -3.01. The fourth-order valence-electron chi connectivity index (χ4n) is 2.43. The summed E-state index contributed by atoms with van der Waals surface area (Å²) in [6, 6.07) is 7.33. The second-order valence-electron chi connectivity index (χ2n) is 5.44. The molecule has 0 unspecified atom stereocenters. The number of hydrogen-bond donors (Lipinski definition) is 0. The highest BCUT2D eigenvalue weighted by molar-refractivity contribution is 5.46. The third-order valence-corrected chi connectivity index (χ3v) is 3.88. The van der Waals surface area contributed by atoms with Crippen LogP contribution >= 0.6 is 0 Å². The van der Waals surface area contributed by atoms with E-state index in [0.717, 1.165) is 0 Å². The molecule has 1 aromatic carbocycles. The van der Waals surface area contributed by atoms with E-state index < -0.39 is 0 Å². The molecular formula is C17H17N3O4. The van der Waals surface area contributed by atoms with Crippen LogP contribution in [0.1, 0.15) is 23.2 Å². The molecule has 0 spiro atoms. The number of hydrogen-bond acceptors (Lipinski definition) is 6. The Morgan fingerprint density at radius 1 is 1.33 bits per heavy atom. The molecule has 0 fully saturated rings. The molecule has 2 aromatic rings. The summed E-state index contributed by atoms with van der Waals surface area (Å²) in [4.78, 5) is 12.2. The number of rotatable bonds is 5. The van der Waals surface area contributed by atoms with Gasteiger partial charge < -0.3 is 14.2 Å². The summed E-state index contributed by atoms with van der Waals surface area (Å²) >= 11 is 0. The van der Waals surface area contributed by atoms with Crippen LogP contribution in [0.25, 0.3) is 0 Å². The van der Waals surface area contributed by atoms with Gasteiger partial charge in [0.2, 0.25) is 6.79 Å². The summed E-state index contributed by atoms with van der Waals surface area (Å²) in [5, 5.41) is 13.3. The number of nitriles is 1. The Morgan fingerprint density at radius 3 is 2.92 bits per heavy atom. The zero-order chi connectivity index (χ0) is 17.1. The van der Waals surface area contributed by atoms with Gasteiger partial charge in [-0.2, -0.15) is 10.4 Å². The van der Waals surface area contributed by atoms with E-state index in [9.17, 15) is 4.79 Å². The average molecular weight is 327 g/mol. The Kier molecular flexibility index (Phi) is 4.38. The molecule has 3 rings (SSSR count). The highest BCUT2D eigenvalue weighted by Gasteiger charge is 2.14. The van der Waals surface area contributed by atoms with Crippen molar-refractivity contribution in [2.45, 2.75) is 26.8 Å². The van der Waals surface area contributed by atoms with Gasteiger partial charge in [-0.3, -0.25) is 4.79 Å². The van der Waals surface area contributed by atoms with Crippen molar-refractivity contribution >= 4 is 0 Å². The zero-order valence-electron chi connectivity index (χ0n) is 13.5. The predicted octanol–water partition coefficient (Wildman–Crippen LogP) is 1.93. The molecule has 2 heterocycles. The monoisotopic (exact) mass is 327 g/mol. The van der Waals surface area contributed by atoms with E-state index in [1.54, 1.807) is 26.0 Å². The minimum atomic E-state index is -0.358. The smallest absolute Gasteiger partial charge is 0.284 e. The molecule has 1 aliphatic rings. The molecule has 1 aliphatic heterocycles. The molecule has 0 amide bonds. The van der Waals surface area contributed by atoms with Crippen LogP contribution < -0.4 is 19.8 Å². The lowest BCUT2D eigenvalue weighted by Crippen LogP contribution is -2.28. The van der Waals surface area contributed by atoms with Gasteiger partial charge in [0.25, 0.3) is 5.56 Å². The molecular weight excluding hydrogens is 310 g/mol. The van der Waals surface area contributed by atoms with Gasteiger partial charge in [-0.1, -0.05) is 0 Å². The Labute approximate surface area is 139 Å². The van der Waals surface area contributed by atoms with Gasteiger partial charge in [0.05, 0.1) is 12.3 Å². The van der Waals surface area contributed by atoms with Gasteiger partial charge in [0, 0.05) is 19.0 Å². The fraction of sp³-hybridized carbons (Fsp3) is 0.353. The molecule has 1 aromatic heterocycles. The zero-order valence-corrected chi connectivity index (χ0v) is 13.5. The van der Waals surface area contributed by atoms with Crippen LogP contribution in [0.3, 0.4) is 0 Å². The standard InChI is InChI=1S/C17H17N3O4/c1-11-12(2)19-20(17(21)14(11)9-18)6-3-7-22-13-4-5-15-16(8-13)24-10-23-15/h4-5,8H,3,6-7,10H2,1-2H3. The second kappa shape index (κ2) is 6.62. The van der Waals surface area contributed by atoms with Gasteiger partial charge in [0.15, 0.2) is 11.5 Å². The molecule has 0 bridgehead atoms. The van der Waals surface area contributed by atoms with Gasteiger partial charge in [-0.25, -0.2) is 4.68 Å². The molecule has 0 atom stereocenters. The van der Waals surface area contributed by atoms with Crippen molar-refractivity contribution in [3.05, 3.63) is 45.4 Å². The molecule has 124 valence electrons. The number of aromatic nitrogens is 2. The molecule has 0 N–H and O–H groups in total. The van der Waals surface area contributed by atoms with E-state index in [1.807, 2.05) is 12.1 Å². The third kappa shape index (κ3) is 3.04. The molecule has 7 heteroatoms. The Morgan fingerprint density at radius 2 is 2.12 bits per heavy atom. The summed E-state index contributed by atoms with van der Waals surface area (Å²) in [7, 11) is 0. The lowest BCUT2D eigenvalue weighted by molar-refractivity contribution is 0.173. The summed E-state index contributed by atoms with van der Waals surface area (Å²) in [6.07, 6.45) is 0.592. The predicted molar refractivity (Wildman–Crippen MR) is 85.4 cm³/mol. The molecule has 7 nitrogen and oxygen atoms in total. The van der Waals surface area contributed by atoms with Crippen LogP contribution in [-0.2, 0) is 6.54 Å². The first-order valence-corrected chi connectivity index (χ1v) is 7.61. The highest BCUT2D eigenvalue weighted by atomic mass is 16.7. The van der Waals surface area contributed by atoms with E-state index >= 15 is 0 Å². The lowest BCUT2D eigenvalue weighted by Gasteiger charge is -2.10. The second-order valence-corrected chi connectivity index (χ2v) is 5.44. The normalized spacial score (nSPS) is 12.0. The van der Waals surface area contributed by atoms with Gasteiger partial charge in [-0.05, 0) is 31.5 Å². The van der Waals surface area contributed by atoms with Crippen LogP contribution in [0.4, 0.5) is 0 Å². The highest BCUT2D eigenvalue weighted by Crippen LogP contribution is 2.35. The molecule has 0 aliphatic carbocycles. The van der Waals surface area contributed by atoms with Crippen molar-refractivity contribution in [1.29, 1.82) is 5.26 Å². The SMILES string of the molecule is Cc1nn(CCCOc2ccc3c(c2)OCO3)c(=O)c(C#N)c1C. The minimum Gasteiger partial charge on any atom is -0.493 e. The first-order valence-electron chi connectivity index (χ1n) is 7.61. The van der Waals surface area contributed by atoms with Crippen molar-refractivity contribution in [3.8, 4) is 23.3 Å².